The van der Waals surface area contributed by atoms with Crippen LogP contribution in [0.5, 0.6) is 0 Å². The third-order valence-corrected chi connectivity index (χ3v) is 2.15. The monoisotopic (exact) mass is 176 g/mol. The number of fused-ring (bicyclic) bond motifs is 1. The number of aryl methyl sites for hydroxylation is 1. The molecule has 0 amide bonds. The predicted octanol–water partition coefficient (Wildman–Crippen LogP) is 1.41. The molecular weight excluding hydrogens is 164 g/mol. The summed E-state index contributed by atoms with van der Waals surface area (Å²) in [7, 11) is 0. The molecule has 1 heterocycles. The fraction of sp³-hybridized carbons (Fsp3) is 0.300. The first kappa shape index (κ1) is 8.26. The fourth-order valence-corrected chi connectivity index (χ4v) is 1.48. The Morgan fingerprint density at radius 3 is 3.08 bits per heavy atom. The summed E-state index contributed by atoms with van der Waals surface area (Å²) < 4.78 is 0. The van der Waals surface area contributed by atoms with Crippen molar-refractivity contribution in [3.05, 3.63) is 29.5 Å². The van der Waals surface area contributed by atoms with Gasteiger partial charge >= 0.3 is 0 Å². The van der Waals surface area contributed by atoms with Gasteiger partial charge < -0.3 is 5.11 Å². The molecular formula is C10H12N2O. The van der Waals surface area contributed by atoms with Crippen LogP contribution < -0.4 is 0 Å². The highest BCUT2D eigenvalue weighted by atomic mass is 16.3. The van der Waals surface area contributed by atoms with Gasteiger partial charge in [0.2, 0.25) is 0 Å². The molecule has 1 aromatic heterocycles. The quantitative estimate of drug-likeness (QED) is 0.726. The molecule has 0 atom stereocenters. The van der Waals surface area contributed by atoms with Gasteiger partial charge in [-0.15, -0.1) is 0 Å². The molecule has 0 fully saturated rings. The highest BCUT2D eigenvalue weighted by Crippen LogP contribution is 2.17. The first-order valence-electron chi connectivity index (χ1n) is 4.36. The molecule has 0 bridgehead atoms. The number of aromatic amines is 1. The Morgan fingerprint density at radius 2 is 2.31 bits per heavy atom. The summed E-state index contributed by atoms with van der Waals surface area (Å²) in [5, 5.41) is 17.0. The van der Waals surface area contributed by atoms with Crippen LogP contribution >= 0.6 is 0 Å². The summed E-state index contributed by atoms with van der Waals surface area (Å²) in [6, 6.07) is 6.11. The largest absolute Gasteiger partial charge is 0.396 e. The summed E-state index contributed by atoms with van der Waals surface area (Å²) in [4.78, 5) is 0. The maximum atomic E-state index is 8.82. The summed E-state index contributed by atoms with van der Waals surface area (Å²) in [5.41, 5.74) is 3.20. The molecule has 2 rings (SSSR count). The van der Waals surface area contributed by atoms with Crippen molar-refractivity contribution in [1.29, 1.82) is 0 Å². The summed E-state index contributed by atoms with van der Waals surface area (Å²) in [5.74, 6) is 0. The molecule has 0 unspecified atom stereocenters. The molecule has 0 saturated carbocycles. The molecule has 0 saturated heterocycles. The maximum Gasteiger partial charge on any atom is 0.0923 e. The standard InChI is InChI=1S/C10H12N2O/c1-7-2-3-9-8(6-7)10(4-5-13)12-11-9/h2-3,6,13H,4-5H2,1H3,(H,11,12). The molecule has 3 heteroatoms. The van der Waals surface area contributed by atoms with E-state index in [-0.39, 0.29) is 6.61 Å². The minimum atomic E-state index is 0.158. The molecule has 0 aliphatic rings. The number of benzene rings is 1. The minimum absolute atomic E-state index is 0.158. The van der Waals surface area contributed by atoms with Gasteiger partial charge in [0, 0.05) is 24.1 Å². The van der Waals surface area contributed by atoms with E-state index in [0.717, 1.165) is 16.6 Å². The number of H-pyrrole nitrogens is 1. The van der Waals surface area contributed by atoms with E-state index in [1.807, 2.05) is 12.1 Å². The number of hydrogen-bond acceptors (Lipinski definition) is 2. The maximum absolute atomic E-state index is 8.82. The second kappa shape index (κ2) is 3.18. The van der Waals surface area contributed by atoms with Crippen LogP contribution in [-0.4, -0.2) is 21.9 Å². The normalized spacial score (nSPS) is 10.9. The minimum Gasteiger partial charge on any atom is -0.396 e. The van der Waals surface area contributed by atoms with Crippen LogP contribution in [0, 0.1) is 6.92 Å². The number of rotatable bonds is 2. The van der Waals surface area contributed by atoms with Crippen molar-refractivity contribution in [2.75, 3.05) is 6.61 Å². The van der Waals surface area contributed by atoms with Gasteiger partial charge in [0.1, 0.15) is 0 Å². The lowest BCUT2D eigenvalue weighted by Gasteiger charge is -1.95. The van der Waals surface area contributed by atoms with Gasteiger partial charge in [-0.05, 0) is 19.1 Å². The smallest absolute Gasteiger partial charge is 0.0923 e. The van der Waals surface area contributed by atoms with Gasteiger partial charge in [-0.25, -0.2) is 0 Å². The summed E-state index contributed by atoms with van der Waals surface area (Å²) in [6.45, 7) is 2.21. The lowest BCUT2D eigenvalue weighted by Crippen LogP contribution is -1.91. The molecule has 2 aromatic rings. The molecule has 3 nitrogen and oxygen atoms in total. The van der Waals surface area contributed by atoms with E-state index in [1.54, 1.807) is 0 Å². The molecule has 13 heavy (non-hydrogen) atoms. The van der Waals surface area contributed by atoms with Gasteiger partial charge in [-0.3, -0.25) is 5.10 Å². The molecule has 1 aromatic carbocycles. The SMILES string of the molecule is Cc1ccc2n[nH]c(CCO)c2c1. The zero-order chi connectivity index (χ0) is 9.26. The Morgan fingerprint density at radius 1 is 1.46 bits per heavy atom. The van der Waals surface area contributed by atoms with Crippen LogP contribution in [0.3, 0.4) is 0 Å². The van der Waals surface area contributed by atoms with Crippen LogP contribution in [0.2, 0.25) is 0 Å². The average Bonchev–Trinajstić information content (AvgIpc) is 2.49. The van der Waals surface area contributed by atoms with Gasteiger partial charge in [-0.2, -0.15) is 5.10 Å². The molecule has 0 aliphatic heterocycles. The number of hydrogen-bond donors (Lipinski definition) is 2. The molecule has 0 spiro atoms. The van der Waals surface area contributed by atoms with E-state index in [2.05, 4.69) is 23.2 Å². The van der Waals surface area contributed by atoms with Crippen molar-refractivity contribution >= 4 is 10.9 Å². The number of nitrogens with one attached hydrogen (secondary N) is 1. The number of aliphatic hydroxyl groups excluding tert-OH is 1. The first-order chi connectivity index (χ1) is 6.31. The van der Waals surface area contributed by atoms with Crippen LogP contribution in [0.25, 0.3) is 10.9 Å². The van der Waals surface area contributed by atoms with Gasteiger partial charge in [-0.1, -0.05) is 11.6 Å². The average molecular weight is 176 g/mol. The van der Waals surface area contributed by atoms with Gasteiger partial charge in [0.15, 0.2) is 0 Å². The van der Waals surface area contributed by atoms with Crippen molar-refractivity contribution < 1.29 is 5.11 Å². The van der Waals surface area contributed by atoms with E-state index < -0.39 is 0 Å². The molecule has 2 N–H and O–H groups in total. The Bertz CT molecular complexity index is 420. The summed E-state index contributed by atoms with van der Waals surface area (Å²) in [6.07, 6.45) is 0.639. The van der Waals surface area contributed by atoms with Crippen molar-refractivity contribution in [1.82, 2.24) is 10.2 Å². The third-order valence-electron chi connectivity index (χ3n) is 2.15. The molecule has 68 valence electrons. The van der Waals surface area contributed by atoms with Crippen molar-refractivity contribution in [2.24, 2.45) is 0 Å². The lowest BCUT2D eigenvalue weighted by atomic mass is 10.1. The Kier molecular flexibility index (Phi) is 2.02. The van der Waals surface area contributed by atoms with Crippen molar-refractivity contribution in [3.8, 4) is 0 Å². The van der Waals surface area contributed by atoms with Crippen LogP contribution in [0.15, 0.2) is 18.2 Å². The number of aromatic nitrogens is 2. The zero-order valence-electron chi connectivity index (χ0n) is 7.54. The third kappa shape index (κ3) is 1.42. The van der Waals surface area contributed by atoms with Crippen LogP contribution in [0.1, 0.15) is 11.3 Å². The van der Waals surface area contributed by atoms with Gasteiger partial charge in [0.05, 0.1) is 5.52 Å². The van der Waals surface area contributed by atoms with Crippen molar-refractivity contribution in [2.45, 2.75) is 13.3 Å². The molecule has 0 radical (unpaired) electrons. The Balaban J connectivity index is 2.58. The zero-order valence-corrected chi connectivity index (χ0v) is 7.54. The van der Waals surface area contributed by atoms with E-state index in [1.165, 1.54) is 5.56 Å². The van der Waals surface area contributed by atoms with E-state index >= 15 is 0 Å². The fourth-order valence-electron chi connectivity index (χ4n) is 1.48. The first-order valence-corrected chi connectivity index (χ1v) is 4.36. The highest BCUT2D eigenvalue weighted by molar-refractivity contribution is 5.81. The summed E-state index contributed by atoms with van der Waals surface area (Å²) >= 11 is 0. The second-order valence-corrected chi connectivity index (χ2v) is 3.20. The number of aliphatic hydroxyl groups is 1. The topological polar surface area (TPSA) is 48.9 Å². The Labute approximate surface area is 76.4 Å². The van der Waals surface area contributed by atoms with E-state index in [0.29, 0.717) is 6.42 Å². The van der Waals surface area contributed by atoms with E-state index in [9.17, 15) is 0 Å². The Hall–Kier alpha value is -1.35. The highest BCUT2D eigenvalue weighted by Gasteiger charge is 2.03. The van der Waals surface area contributed by atoms with Crippen LogP contribution in [-0.2, 0) is 6.42 Å². The lowest BCUT2D eigenvalue weighted by molar-refractivity contribution is 0.298. The van der Waals surface area contributed by atoms with Crippen molar-refractivity contribution in [3.63, 3.8) is 0 Å². The predicted molar refractivity (Wildman–Crippen MR) is 51.6 cm³/mol. The van der Waals surface area contributed by atoms with E-state index in [4.69, 9.17) is 5.11 Å². The van der Waals surface area contributed by atoms with Gasteiger partial charge in [0.25, 0.3) is 0 Å². The number of nitrogens with zero attached hydrogens (tertiary/aromatic N) is 1. The van der Waals surface area contributed by atoms with Crippen LogP contribution in [0.4, 0.5) is 0 Å². The molecule has 0 aliphatic carbocycles. The second-order valence-electron chi connectivity index (χ2n) is 3.20.